The SMILES string of the molecule is CCc1ccc(CN(C)C(=O)Nc2ccnc(C(=O)N(C)C)c2)cc1. The average Bonchev–Trinajstić information content (AvgIpc) is 2.61. The van der Waals surface area contributed by atoms with Crippen molar-refractivity contribution < 1.29 is 9.59 Å². The Balaban J connectivity index is 2.00. The van der Waals surface area contributed by atoms with Crippen LogP contribution in [0, 0.1) is 0 Å². The molecule has 0 bridgehead atoms. The van der Waals surface area contributed by atoms with Crippen LogP contribution in [-0.2, 0) is 13.0 Å². The smallest absolute Gasteiger partial charge is 0.321 e. The Hall–Kier alpha value is -2.89. The maximum absolute atomic E-state index is 12.4. The third-order valence-electron chi connectivity index (χ3n) is 3.83. The third-order valence-corrected chi connectivity index (χ3v) is 3.83. The van der Waals surface area contributed by atoms with Gasteiger partial charge >= 0.3 is 6.03 Å². The summed E-state index contributed by atoms with van der Waals surface area (Å²) < 4.78 is 0. The van der Waals surface area contributed by atoms with Gasteiger partial charge in [-0.1, -0.05) is 31.2 Å². The van der Waals surface area contributed by atoms with Crippen molar-refractivity contribution in [3.8, 4) is 0 Å². The van der Waals surface area contributed by atoms with Crippen molar-refractivity contribution in [2.75, 3.05) is 26.5 Å². The predicted octanol–water partition coefficient (Wildman–Crippen LogP) is 3.01. The molecule has 0 saturated carbocycles. The van der Waals surface area contributed by atoms with E-state index in [4.69, 9.17) is 0 Å². The number of nitrogens with zero attached hydrogens (tertiary/aromatic N) is 3. The Kier molecular flexibility index (Phi) is 6.11. The quantitative estimate of drug-likeness (QED) is 0.910. The molecule has 25 heavy (non-hydrogen) atoms. The molecule has 1 N–H and O–H groups in total. The molecule has 0 aliphatic heterocycles. The topological polar surface area (TPSA) is 65.5 Å². The van der Waals surface area contributed by atoms with E-state index in [1.165, 1.54) is 16.7 Å². The molecule has 0 aliphatic carbocycles. The molecule has 0 spiro atoms. The van der Waals surface area contributed by atoms with E-state index in [-0.39, 0.29) is 11.9 Å². The van der Waals surface area contributed by atoms with Crippen molar-refractivity contribution in [1.82, 2.24) is 14.8 Å². The number of aryl methyl sites for hydroxylation is 1. The van der Waals surface area contributed by atoms with Crippen molar-refractivity contribution in [1.29, 1.82) is 0 Å². The van der Waals surface area contributed by atoms with Crippen LogP contribution in [0.15, 0.2) is 42.6 Å². The highest BCUT2D eigenvalue weighted by atomic mass is 16.2. The molecule has 1 aromatic heterocycles. The highest BCUT2D eigenvalue weighted by Gasteiger charge is 2.13. The van der Waals surface area contributed by atoms with Gasteiger partial charge in [-0.15, -0.1) is 0 Å². The molecular formula is C19H24N4O2. The summed E-state index contributed by atoms with van der Waals surface area (Å²) in [5, 5.41) is 2.79. The van der Waals surface area contributed by atoms with Gasteiger partial charge < -0.3 is 15.1 Å². The second-order valence-electron chi connectivity index (χ2n) is 6.09. The zero-order valence-corrected chi connectivity index (χ0v) is 15.1. The predicted molar refractivity (Wildman–Crippen MR) is 98.6 cm³/mol. The minimum absolute atomic E-state index is 0.208. The summed E-state index contributed by atoms with van der Waals surface area (Å²) in [5.41, 5.74) is 3.16. The normalized spacial score (nSPS) is 10.2. The van der Waals surface area contributed by atoms with E-state index in [9.17, 15) is 9.59 Å². The molecule has 6 heteroatoms. The number of urea groups is 1. The van der Waals surface area contributed by atoms with Gasteiger partial charge in [0, 0.05) is 39.6 Å². The van der Waals surface area contributed by atoms with Gasteiger partial charge in [-0.25, -0.2) is 4.79 Å². The Morgan fingerprint density at radius 2 is 1.68 bits per heavy atom. The first kappa shape index (κ1) is 18.4. The second kappa shape index (κ2) is 8.28. The number of hydrogen-bond donors (Lipinski definition) is 1. The minimum Gasteiger partial charge on any atom is -0.343 e. The van der Waals surface area contributed by atoms with E-state index in [0.29, 0.717) is 17.9 Å². The molecule has 0 unspecified atom stereocenters. The van der Waals surface area contributed by atoms with E-state index in [1.807, 2.05) is 12.1 Å². The van der Waals surface area contributed by atoms with E-state index in [2.05, 4.69) is 29.4 Å². The summed E-state index contributed by atoms with van der Waals surface area (Å²) in [5.74, 6) is -0.208. The Morgan fingerprint density at radius 3 is 2.28 bits per heavy atom. The maximum Gasteiger partial charge on any atom is 0.321 e. The lowest BCUT2D eigenvalue weighted by molar-refractivity contribution is 0.0822. The van der Waals surface area contributed by atoms with Crippen molar-refractivity contribution >= 4 is 17.6 Å². The van der Waals surface area contributed by atoms with Gasteiger partial charge in [0.15, 0.2) is 0 Å². The van der Waals surface area contributed by atoms with E-state index >= 15 is 0 Å². The van der Waals surface area contributed by atoms with Gasteiger partial charge in [-0.3, -0.25) is 9.78 Å². The molecule has 0 radical (unpaired) electrons. The lowest BCUT2D eigenvalue weighted by atomic mass is 10.1. The molecule has 3 amide bonds. The molecule has 1 aromatic carbocycles. The van der Waals surface area contributed by atoms with Gasteiger partial charge in [0.2, 0.25) is 0 Å². The summed E-state index contributed by atoms with van der Waals surface area (Å²) in [6.07, 6.45) is 2.50. The number of carbonyl (C=O) groups is 2. The number of hydrogen-bond acceptors (Lipinski definition) is 3. The van der Waals surface area contributed by atoms with Crippen molar-refractivity contribution in [2.24, 2.45) is 0 Å². The van der Waals surface area contributed by atoms with E-state index < -0.39 is 0 Å². The molecule has 0 aliphatic rings. The fraction of sp³-hybridized carbons (Fsp3) is 0.316. The molecule has 0 saturated heterocycles. The molecule has 6 nitrogen and oxygen atoms in total. The molecular weight excluding hydrogens is 316 g/mol. The number of pyridine rings is 1. The molecule has 2 aromatic rings. The maximum atomic E-state index is 12.4. The fourth-order valence-electron chi connectivity index (χ4n) is 2.30. The van der Waals surface area contributed by atoms with Crippen LogP contribution in [0.4, 0.5) is 10.5 Å². The van der Waals surface area contributed by atoms with Crippen LogP contribution in [0.3, 0.4) is 0 Å². The zero-order valence-electron chi connectivity index (χ0n) is 15.1. The van der Waals surface area contributed by atoms with Crippen molar-refractivity contribution in [2.45, 2.75) is 19.9 Å². The largest absolute Gasteiger partial charge is 0.343 e. The first-order valence-electron chi connectivity index (χ1n) is 8.18. The summed E-state index contributed by atoms with van der Waals surface area (Å²) in [7, 11) is 5.05. The van der Waals surface area contributed by atoms with Crippen LogP contribution >= 0.6 is 0 Å². The van der Waals surface area contributed by atoms with Gasteiger partial charge in [-0.05, 0) is 29.7 Å². The van der Waals surface area contributed by atoms with E-state index in [0.717, 1.165) is 12.0 Å². The number of rotatable bonds is 5. The standard InChI is InChI=1S/C19H24N4O2/c1-5-14-6-8-15(9-7-14)13-23(4)19(25)21-16-10-11-20-17(12-16)18(24)22(2)3/h6-12H,5,13H2,1-4H3,(H,20,21,25). The monoisotopic (exact) mass is 340 g/mol. The zero-order chi connectivity index (χ0) is 18.4. The average molecular weight is 340 g/mol. The number of carbonyl (C=O) groups excluding carboxylic acids is 2. The number of benzene rings is 1. The second-order valence-corrected chi connectivity index (χ2v) is 6.09. The molecule has 0 atom stereocenters. The Bertz CT molecular complexity index is 741. The van der Waals surface area contributed by atoms with Crippen LogP contribution in [0.2, 0.25) is 0 Å². The number of aromatic nitrogens is 1. The van der Waals surface area contributed by atoms with Crippen LogP contribution in [0.1, 0.15) is 28.5 Å². The number of amides is 3. The van der Waals surface area contributed by atoms with Gasteiger partial charge in [0.05, 0.1) is 0 Å². The molecule has 132 valence electrons. The summed E-state index contributed by atoms with van der Waals surface area (Å²) in [6, 6.07) is 11.2. The Labute approximate surface area is 148 Å². The molecule has 2 rings (SSSR count). The first-order valence-corrected chi connectivity index (χ1v) is 8.18. The van der Waals surface area contributed by atoms with Crippen molar-refractivity contribution in [3.05, 3.63) is 59.4 Å². The van der Waals surface area contributed by atoms with Crippen LogP contribution in [-0.4, -0.2) is 47.9 Å². The third kappa shape index (κ3) is 5.04. The first-order chi connectivity index (χ1) is 11.9. The lowest BCUT2D eigenvalue weighted by Crippen LogP contribution is -2.31. The van der Waals surface area contributed by atoms with Gasteiger partial charge in [0.1, 0.15) is 5.69 Å². The highest BCUT2D eigenvalue weighted by molar-refractivity contribution is 5.95. The molecule has 0 fully saturated rings. The van der Waals surface area contributed by atoms with E-state index in [1.54, 1.807) is 38.2 Å². The van der Waals surface area contributed by atoms with Crippen LogP contribution in [0.5, 0.6) is 0 Å². The fourth-order valence-corrected chi connectivity index (χ4v) is 2.30. The number of anilines is 1. The van der Waals surface area contributed by atoms with Crippen LogP contribution < -0.4 is 5.32 Å². The highest BCUT2D eigenvalue weighted by Crippen LogP contribution is 2.12. The minimum atomic E-state index is -0.242. The van der Waals surface area contributed by atoms with Crippen LogP contribution in [0.25, 0.3) is 0 Å². The van der Waals surface area contributed by atoms with Crippen molar-refractivity contribution in [3.63, 3.8) is 0 Å². The Morgan fingerprint density at radius 1 is 1.04 bits per heavy atom. The van der Waals surface area contributed by atoms with Gasteiger partial charge in [0.25, 0.3) is 5.91 Å². The number of nitrogens with one attached hydrogen (secondary N) is 1. The molecule has 1 heterocycles. The summed E-state index contributed by atoms with van der Waals surface area (Å²) in [4.78, 5) is 31.4. The van der Waals surface area contributed by atoms with Gasteiger partial charge in [-0.2, -0.15) is 0 Å². The lowest BCUT2D eigenvalue weighted by Gasteiger charge is -2.18. The summed E-state index contributed by atoms with van der Waals surface area (Å²) in [6.45, 7) is 2.61. The summed E-state index contributed by atoms with van der Waals surface area (Å²) >= 11 is 0.